The summed E-state index contributed by atoms with van der Waals surface area (Å²) in [7, 11) is 0. The van der Waals surface area contributed by atoms with Crippen LogP contribution in [0.5, 0.6) is 0 Å². The third-order valence-corrected chi connectivity index (χ3v) is 6.81. The van der Waals surface area contributed by atoms with Gasteiger partial charge in [0.25, 0.3) is 0 Å². The van der Waals surface area contributed by atoms with Crippen LogP contribution in [0, 0.1) is 11.8 Å². The highest BCUT2D eigenvalue weighted by atomic mass is 79.9. The normalized spacial score (nSPS) is 26.2. The zero-order valence-corrected chi connectivity index (χ0v) is 17.3. The molecule has 27 heavy (non-hydrogen) atoms. The van der Waals surface area contributed by atoms with E-state index in [2.05, 4.69) is 44.3 Å². The number of amides is 2. The minimum absolute atomic E-state index is 0.0600. The Bertz CT molecular complexity index is 704. The molecule has 2 saturated heterocycles. The van der Waals surface area contributed by atoms with E-state index >= 15 is 0 Å². The van der Waals surface area contributed by atoms with Gasteiger partial charge in [-0.1, -0.05) is 34.8 Å². The SMILES string of the molecule is O=C(NC[C@@H]1CCN(c2cccc(Br)c2)C1)[C@H]1CC(=O)N(C2CCCC2)C1. The van der Waals surface area contributed by atoms with Crippen LogP contribution >= 0.6 is 15.9 Å². The number of carbonyl (C=O) groups excluding carboxylic acids is 2. The van der Waals surface area contributed by atoms with Crippen LogP contribution in [0.2, 0.25) is 0 Å². The lowest BCUT2D eigenvalue weighted by Crippen LogP contribution is -2.38. The van der Waals surface area contributed by atoms with Crippen molar-refractivity contribution in [1.29, 1.82) is 0 Å². The molecule has 2 atom stereocenters. The Hall–Kier alpha value is -1.56. The Labute approximate surface area is 169 Å². The van der Waals surface area contributed by atoms with Crippen molar-refractivity contribution >= 4 is 33.4 Å². The first-order valence-corrected chi connectivity index (χ1v) is 11.0. The van der Waals surface area contributed by atoms with E-state index in [0.29, 0.717) is 31.5 Å². The molecule has 1 aromatic carbocycles. The molecular weight excluding hydrogens is 406 g/mol. The molecule has 0 unspecified atom stereocenters. The molecule has 146 valence electrons. The summed E-state index contributed by atoms with van der Waals surface area (Å²) in [4.78, 5) is 29.2. The van der Waals surface area contributed by atoms with Crippen LogP contribution in [0.25, 0.3) is 0 Å². The summed E-state index contributed by atoms with van der Waals surface area (Å²) >= 11 is 3.53. The number of rotatable bonds is 5. The quantitative estimate of drug-likeness (QED) is 0.775. The Balaban J connectivity index is 1.24. The lowest BCUT2D eigenvalue weighted by Gasteiger charge is -2.24. The van der Waals surface area contributed by atoms with Crippen molar-refractivity contribution < 1.29 is 9.59 Å². The van der Waals surface area contributed by atoms with Crippen molar-refractivity contribution in [3.8, 4) is 0 Å². The van der Waals surface area contributed by atoms with Crippen molar-refractivity contribution in [3.63, 3.8) is 0 Å². The number of benzene rings is 1. The first-order chi connectivity index (χ1) is 13.1. The van der Waals surface area contributed by atoms with Gasteiger partial charge in [0.15, 0.2) is 0 Å². The fourth-order valence-corrected chi connectivity index (χ4v) is 5.16. The maximum Gasteiger partial charge on any atom is 0.225 e. The van der Waals surface area contributed by atoms with Gasteiger partial charge in [0, 0.05) is 48.8 Å². The number of hydrogen-bond donors (Lipinski definition) is 1. The lowest BCUT2D eigenvalue weighted by atomic mass is 10.1. The first-order valence-electron chi connectivity index (χ1n) is 10.2. The number of nitrogens with zero attached hydrogens (tertiary/aromatic N) is 2. The van der Waals surface area contributed by atoms with E-state index in [4.69, 9.17) is 0 Å². The maximum absolute atomic E-state index is 12.6. The molecule has 1 saturated carbocycles. The highest BCUT2D eigenvalue weighted by Crippen LogP contribution is 2.30. The van der Waals surface area contributed by atoms with E-state index in [9.17, 15) is 9.59 Å². The first kappa shape index (κ1) is 18.8. The Morgan fingerprint density at radius 1 is 1.19 bits per heavy atom. The molecule has 3 fully saturated rings. The van der Waals surface area contributed by atoms with Crippen LogP contribution in [0.3, 0.4) is 0 Å². The molecule has 6 heteroatoms. The molecule has 3 aliphatic rings. The number of carbonyl (C=O) groups is 2. The minimum Gasteiger partial charge on any atom is -0.371 e. The average molecular weight is 434 g/mol. The summed E-state index contributed by atoms with van der Waals surface area (Å²) in [6.45, 7) is 3.31. The zero-order chi connectivity index (χ0) is 18.8. The number of nitrogens with one attached hydrogen (secondary N) is 1. The van der Waals surface area contributed by atoms with E-state index in [1.807, 2.05) is 11.0 Å². The second-order valence-electron chi connectivity index (χ2n) is 8.21. The standard InChI is InChI=1S/C21H28BrN3O2/c22-17-4-3-7-19(11-17)24-9-8-15(13-24)12-23-21(27)16-10-20(26)25(14-16)18-5-1-2-6-18/h3-4,7,11,15-16,18H,1-2,5-6,8-10,12-14H2,(H,23,27)/t15-,16-/m0/s1. The van der Waals surface area contributed by atoms with Crippen LogP contribution in [0.1, 0.15) is 38.5 Å². The highest BCUT2D eigenvalue weighted by Gasteiger charge is 2.38. The predicted molar refractivity (Wildman–Crippen MR) is 110 cm³/mol. The van der Waals surface area contributed by atoms with Gasteiger partial charge in [-0.2, -0.15) is 0 Å². The van der Waals surface area contributed by atoms with Crippen molar-refractivity contribution in [1.82, 2.24) is 10.2 Å². The topological polar surface area (TPSA) is 52.7 Å². The minimum atomic E-state index is -0.166. The molecule has 2 aliphatic heterocycles. The Morgan fingerprint density at radius 2 is 2.00 bits per heavy atom. The average Bonchev–Trinajstić information content (AvgIpc) is 3.40. The molecule has 0 bridgehead atoms. The van der Waals surface area contributed by atoms with Gasteiger partial charge in [0.2, 0.25) is 11.8 Å². The molecular formula is C21H28BrN3O2. The molecule has 4 rings (SSSR count). The molecule has 0 radical (unpaired) electrons. The van der Waals surface area contributed by atoms with E-state index in [1.54, 1.807) is 0 Å². The van der Waals surface area contributed by atoms with Gasteiger partial charge < -0.3 is 15.1 Å². The molecule has 1 aromatic rings. The van der Waals surface area contributed by atoms with E-state index in [-0.39, 0.29) is 17.7 Å². The van der Waals surface area contributed by atoms with E-state index < -0.39 is 0 Å². The summed E-state index contributed by atoms with van der Waals surface area (Å²) < 4.78 is 1.09. The predicted octanol–water partition coefficient (Wildman–Crippen LogP) is 3.18. The van der Waals surface area contributed by atoms with Gasteiger partial charge in [-0.15, -0.1) is 0 Å². The van der Waals surface area contributed by atoms with Gasteiger partial charge in [0.1, 0.15) is 0 Å². The van der Waals surface area contributed by atoms with Gasteiger partial charge in [-0.25, -0.2) is 0 Å². The number of anilines is 1. The Kier molecular flexibility index (Phi) is 5.71. The second kappa shape index (κ2) is 8.21. The lowest BCUT2D eigenvalue weighted by molar-refractivity contribution is -0.130. The molecule has 0 spiro atoms. The summed E-state index contributed by atoms with van der Waals surface area (Å²) in [5.74, 6) is 0.533. The summed E-state index contributed by atoms with van der Waals surface area (Å²) in [5, 5.41) is 3.13. The van der Waals surface area contributed by atoms with Crippen LogP contribution in [-0.2, 0) is 9.59 Å². The van der Waals surface area contributed by atoms with Crippen LogP contribution < -0.4 is 10.2 Å². The third kappa shape index (κ3) is 4.31. The van der Waals surface area contributed by atoms with Crippen molar-refractivity contribution in [2.24, 2.45) is 11.8 Å². The number of halogens is 1. The van der Waals surface area contributed by atoms with Crippen LogP contribution in [0.4, 0.5) is 5.69 Å². The summed E-state index contributed by atoms with van der Waals surface area (Å²) in [6, 6.07) is 8.75. The third-order valence-electron chi connectivity index (χ3n) is 6.32. The fraction of sp³-hybridized carbons (Fsp3) is 0.619. The van der Waals surface area contributed by atoms with Crippen LogP contribution in [0.15, 0.2) is 28.7 Å². The molecule has 0 aromatic heterocycles. The molecule has 5 nitrogen and oxygen atoms in total. The van der Waals surface area contributed by atoms with Gasteiger partial charge in [-0.05, 0) is 43.4 Å². The van der Waals surface area contributed by atoms with Crippen molar-refractivity contribution in [2.45, 2.75) is 44.6 Å². The second-order valence-corrected chi connectivity index (χ2v) is 9.13. The van der Waals surface area contributed by atoms with Gasteiger partial charge in [0.05, 0.1) is 5.92 Å². The highest BCUT2D eigenvalue weighted by molar-refractivity contribution is 9.10. The summed E-state index contributed by atoms with van der Waals surface area (Å²) in [6.07, 6.45) is 6.10. The molecule has 2 amide bonds. The molecule has 1 N–H and O–H groups in total. The summed E-state index contributed by atoms with van der Waals surface area (Å²) in [5.41, 5.74) is 1.23. The van der Waals surface area contributed by atoms with Gasteiger partial charge >= 0.3 is 0 Å². The fourth-order valence-electron chi connectivity index (χ4n) is 4.77. The van der Waals surface area contributed by atoms with E-state index in [0.717, 1.165) is 36.8 Å². The zero-order valence-electron chi connectivity index (χ0n) is 15.7. The monoisotopic (exact) mass is 433 g/mol. The largest absolute Gasteiger partial charge is 0.371 e. The van der Waals surface area contributed by atoms with Crippen LogP contribution in [-0.4, -0.2) is 48.9 Å². The molecule has 2 heterocycles. The van der Waals surface area contributed by atoms with Crippen molar-refractivity contribution in [2.75, 3.05) is 31.1 Å². The smallest absolute Gasteiger partial charge is 0.225 e. The van der Waals surface area contributed by atoms with Crippen molar-refractivity contribution in [3.05, 3.63) is 28.7 Å². The maximum atomic E-state index is 12.6. The number of likely N-dealkylation sites (tertiary alicyclic amines) is 1. The Morgan fingerprint density at radius 3 is 2.78 bits per heavy atom. The number of hydrogen-bond acceptors (Lipinski definition) is 3. The van der Waals surface area contributed by atoms with E-state index in [1.165, 1.54) is 18.5 Å². The van der Waals surface area contributed by atoms with Gasteiger partial charge in [-0.3, -0.25) is 9.59 Å². The molecule has 1 aliphatic carbocycles.